The van der Waals surface area contributed by atoms with Gasteiger partial charge in [0, 0.05) is 13.1 Å². The van der Waals surface area contributed by atoms with Crippen molar-refractivity contribution in [2.24, 2.45) is 5.92 Å². The number of hydrogen-bond acceptors (Lipinski definition) is 5. The number of hydrogen-bond donors (Lipinski definition) is 0. The summed E-state index contributed by atoms with van der Waals surface area (Å²) < 4.78 is 41.7. The van der Waals surface area contributed by atoms with Crippen LogP contribution >= 0.6 is 0 Å². The van der Waals surface area contributed by atoms with Gasteiger partial charge in [0.25, 0.3) is 0 Å². The molecule has 7 nitrogen and oxygen atoms in total. The second-order valence-corrected chi connectivity index (χ2v) is 11.5. The molecule has 0 bridgehead atoms. The molecule has 5 rings (SSSR count). The zero-order valence-corrected chi connectivity index (χ0v) is 19.1. The smallest absolute Gasteiger partial charge is 0.410 e. The van der Waals surface area contributed by atoms with Gasteiger partial charge in [-0.1, -0.05) is 17.7 Å². The molecule has 2 saturated carbocycles. The summed E-state index contributed by atoms with van der Waals surface area (Å²) in [5, 5.41) is 0. The van der Waals surface area contributed by atoms with Crippen LogP contribution in [-0.2, 0) is 19.5 Å². The maximum atomic E-state index is 13.9. The second kappa shape index (κ2) is 7.74. The Kier molecular flexibility index (Phi) is 5.30. The normalized spacial score (nSPS) is 30.9. The molecule has 1 amide bonds. The maximum absolute atomic E-state index is 13.9. The quantitative estimate of drug-likeness (QED) is 0.691. The molecule has 2 aliphatic heterocycles. The molecule has 2 heterocycles. The monoisotopic (exact) mass is 448 g/mol. The molecule has 8 heteroatoms. The molecule has 2 saturated heterocycles. The SMILES string of the molecule is Cc1ccc(S(=O)(=O)N2[C@H](C3CC3)[C@@H](C)OC[C@@H]2C2(OC(=O)N3CCCC3)CC2)cc1. The molecule has 3 atom stereocenters. The number of amides is 1. The van der Waals surface area contributed by atoms with Gasteiger partial charge < -0.3 is 14.4 Å². The number of carbonyl (C=O) groups excluding carboxylic acids is 1. The molecule has 4 aliphatic rings. The minimum absolute atomic E-state index is 0.186. The van der Waals surface area contributed by atoms with Crippen molar-refractivity contribution in [2.75, 3.05) is 19.7 Å². The maximum Gasteiger partial charge on any atom is 0.410 e. The van der Waals surface area contributed by atoms with Gasteiger partial charge in [-0.05, 0) is 70.4 Å². The van der Waals surface area contributed by atoms with Crippen molar-refractivity contribution in [1.29, 1.82) is 0 Å². The molecule has 1 aromatic rings. The first-order valence-corrected chi connectivity index (χ1v) is 13.0. The van der Waals surface area contributed by atoms with Crippen LogP contribution < -0.4 is 0 Å². The van der Waals surface area contributed by atoms with Crippen LogP contribution in [0.15, 0.2) is 29.2 Å². The summed E-state index contributed by atoms with van der Waals surface area (Å²) >= 11 is 0. The number of morpholine rings is 1. The summed E-state index contributed by atoms with van der Waals surface area (Å²) in [6, 6.07) is 6.31. The van der Waals surface area contributed by atoms with Gasteiger partial charge in [-0.3, -0.25) is 0 Å². The van der Waals surface area contributed by atoms with E-state index in [1.54, 1.807) is 21.3 Å². The van der Waals surface area contributed by atoms with Crippen LogP contribution in [0, 0.1) is 12.8 Å². The molecule has 0 radical (unpaired) electrons. The first-order chi connectivity index (χ1) is 14.8. The number of nitrogens with zero attached hydrogens (tertiary/aromatic N) is 2. The van der Waals surface area contributed by atoms with E-state index < -0.39 is 21.7 Å². The van der Waals surface area contributed by atoms with Crippen LogP contribution in [0.25, 0.3) is 0 Å². The summed E-state index contributed by atoms with van der Waals surface area (Å²) in [4.78, 5) is 14.8. The van der Waals surface area contributed by atoms with E-state index in [-0.39, 0.29) is 24.8 Å². The highest BCUT2D eigenvalue weighted by molar-refractivity contribution is 7.89. The van der Waals surface area contributed by atoms with Gasteiger partial charge in [-0.25, -0.2) is 13.2 Å². The third-order valence-corrected chi connectivity index (χ3v) is 9.23. The van der Waals surface area contributed by atoms with E-state index in [2.05, 4.69) is 0 Å². The number of carbonyl (C=O) groups is 1. The number of sulfonamides is 1. The number of rotatable bonds is 5. The van der Waals surface area contributed by atoms with E-state index >= 15 is 0 Å². The molecule has 0 N–H and O–H groups in total. The minimum atomic E-state index is -3.76. The Labute approximate surface area is 184 Å². The number of likely N-dealkylation sites (tertiary alicyclic amines) is 1. The van der Waals surface area contributed by atoms with E-state index in [9.17, 15) is 13.2 Å². The number of aryl methyl sites for hydroxylation is 1. The van der Waals surface area contributed by atoms with Crippen LogP contribution in [-0.4, -0.2) is 67.2 Å². The average molecular weight is 449 g/mol. The third-order valence-electron chi connectivity index (χ3n) is 7.31. The molecule has 4 fully saturated rings. The summed E-state index contributed by atoms with van der Waals surface area (Å²) in [6.07, 6.45) is 4.84. The van der Waals surface area contributed by atoms with Crippen LogP contribution in [0.4, 0.5) is 4.79 Å². The topological polar surface area (TPSA) is 76.1 Å². The van der Waals surface area contributed by atoms with Crippen molar-refractivity contribution in [3.8, 4) is 0 Å². The van der Waals surface area contributed by atoms with E-state index in [1.165, 1.54) is 0 Å². The molecule has 31 heavy (non-hydrogen) atoms. The molecule has 0 aromatic heterocycles. The lowest BCUT2D eigenvalue weighted by Gasteiger charge is -2.47. The molecular weight excluding hydrogens is 416 g/mol. The van der Waals surface area contributed by atoms with Gasteiger partial charge in [-0.2, -0.15) is 4.31 Å². The van der Waals surface area contributed by atoms with Gasteiger partial charge in [0.15, 0.2) is 0 Å². The summed E-state index contributed by atoms with van der Waals surface area (Å²) in [5.74, 6) is 0.295. The van der Waals surface area contributed by atoms with E-state index in [0.717, 1.165) is 31.2 Å². The first-order valence-electron chi connectivity index (χ1n) is 11.5. The Bertz CT molecular complexity index is 933. The van der Waals surface area contributed by atoms with Gasteiger partial charge in [0.2, 0.25) is 10.0 Å². The molecule has 1 aromatic carbocycles. The van der Waals surface area contributed by atoms with E-state index in [4.69, 9.17) is 9.47 Å². The first kappa shape index (κ1) is 21.2. The zero-order valence-electron chi connectivity index (χ0n) is 18.3. The van der Waals surface area contributed by atoms with E-state index in [1.807, 2.05) is 26.0 Å². The molecular formula is C23H32N2O5S. The van der Waals surface area contributed by atoms with Crippen LogP contribution in [0.3, 0.4) is 0 Å². The van der Waals surface area contributed by atoms with Crippen molar-refractivity contribution in [2.45, 2.75) is 81.1 Å². The lowest BCUT2D eigenvalue weighted by Crippen LogP contribution is -2.64. The Morgan fingerprint density at radius 2 is 1.77 bits per heavy atom. The second-order valence-electron chi connectivity index (χ2n) is 9.66. The largest absolute Gasteiger partial charge is 0.441 e. The van der Waals surface area contributed by atoms with Crippen molar-refractivity contribution in [1.82, 2.24) is 9.21 Å². The number of benzene rings is 1. The lowest BCUT2D eigenvalue weighted by molar-refractivity contribution is -0.108. The Balaban J connectivity index is 1.49. The predicted molar refractivity (Wildman–Crippen MR) is 115 cm³/mol. The van der Waals surface area contributed by atoms with Gasteiger partial charge in [0.1, 0.15) is 5.60 Å². The molecule has 0 unspecified atom stereocenters. The number of ether oxygens (including phenoxy) is 2. The van der Waals surface area contributed by atoms with Crippen molar-refractivity contribution in [3.05, 3.63) is 29.8 Å². The standard InChI is InChI=1S/C23H32N2O5S/c1-16-5-9-19(10-6-16)31(27,28)25-20(15-29-17(2)21(25)18-7-8-18)23(11-12-23)30-22(26)24-13-3-4-14-24/h5-6,9-10,17-18,20-21H,3-4,7-8,11-15H2,1-2H3/t17-,20-,21+/m1/s1. The summed E-state index contributed by atoms with van der Waals surface area (Å²) in [6.45, 7) is 5.59. The predicted octanol–water partition coefficient (Wildman–Crippen LogP) is 3.32. The molecule has 2 aliphatic carbocycles. The van der Waals surface area contributed by atoms with Gasteiger partial charge >= 0.3 is 6.09 Å². The molecule has 170 valence electrons. The van der Waals surface area contributed by atoms with Crippen LogP contribution in [0.2, 0.25) is 0 Å². The third kappa shape index (κ3) is 3.87. The minimum Gasteiger partial charge on any atom is -0.441 e. The summed E-state index contributed by atoms with van der Waals surface area (Å²) in [5.41, 5.74) is 0.229. The van der Waals surface area contributed by atoms with Crippen molar-refractivity contribution < 1.29 is 22.7 Å². The Morgan fingerprint density at radius 1 is 1.13 bits per heavy atom. The lowest BCUT2D eigenvalue weighted by atomic mass is 9.99. The van der Waals surface area contributed by atoms with Crippen LogP contribution in [0.5, 0.6) is 0 Å². The fraction of sp³-hybridized carbons (Fsp3) is 0.696. The fourth-order valence-electron chi connectivity index (χ4n) is 5.17. The van der Waals surface area contributed by atoms with Crippen molar-refractivity contribution in [3.63, 3.8) is 0 Å². The highest BCUT2D eigenvalue weighted by Gasteiger charge is 2.63. The zero-order chi connectivity index (χ0) is 21.8. The fourth-order valence-corrected chi connectivity index (χ4v) is 7.14. The summed E-state index contributed by atoms with van der Waals surface area (Å²) in [7, 11) is -3.76. The highest BCUT2D eigenvalue weighted by atomic mass is 32.2. The van der Waals surface area contributed by atoms with Crippen LogP contribution in [0.1, 0.15) is 51.0 Å². The molecule has 0 spiro atoms. The Morgan fingerprint density at radius 3 is 2.35 bits per heavy atom. The van der Waals surface area contributed by atoms with Crippen molar-refractivity contribution >= 4 is 16.1 Å². The van der Waals surface area contributed by atoms with E-state index in [0.29, 0.717) is 36.7 Å². The van der Waals surface area contributed by atoms with Gasteiger partial charge in [0.05, 0.1) is 29.7 Å². The highest BCUT2D eigenvalue weighted by Crippen LogP contribution is 2.51. The van der Waals surface area contributed by atoms with Gasteiger partial charge in [-0.15, -0.1) is 0 Å². The average Bonchev–Trinajstić information content (AvgIpc) is 3.67. The Hall–Kier alpha value is -1.64.